The van der Waals surface area contributed by atoms with Crippen LogP contribution in [0.15, 0.2) is 24.5 Å². The monoisotopic (exact) mass is 202 g/mol. The number of hydrogen-bond acceptors (Lipinski definition) is 3. The number of aryl methyl sites for hydroxylation is 1. The normalized spacial score (nSPS) is 10.6. The maximum absolute atomic E-state index is 5.62. The van der Waals surface area contributed by atoms with E-state index in [9.17, 15) is 0 Å². The lowest BCUT2D eigenvalue weighted by Gasteiger charge is -2.02. The molecule has 2 N–H and O–H groups in total. The average Bonchev–Trinajstić information content (AvgIpc) is 2.55. The van der Waals surface area contributed by atoms with E-state index >= 15 is 0 Å². The maximum atomic E-state index is 5.62. The van der Waals surface area contributed by atoms with Gasteiger partial charge in [0.05, 0.1) is 11.4 Å². The molecule has 0 amide bonds. The Morgan fingerprint density at radius 1 is 1.33 bits per heavy atom. The number of rotatable bonds is 2. The fraction of sp³-hybridized carbons (Fsp3) is 0.273. The number of nitrogens with zero attached hydrogens (tertiary/aromatic N) is 3. The SMILES string of the molecule is Cc1c(CN)nn(C)c1-c1ccncc1. The zero-order chi connectivity index (χ0) is 10.8. The number of nitrogens with two attached hydrogens (primary N) is 1. The van der Waals surface area contributed by atoms with Crippen molar-refractivity contribution < 1.29 is 0 Å². The lowest BCUT2D eigenvalue weighted by Crippen LogP contribution is -1.99. The standard InChI is InChI=1S/C11H14N4/c1-8-10(7-12)14-15(2)11(8)9-3-5-13-6-4-9/h3-6H,7,12H2,1-2H3. The minimum atomic E-state index is 0.477. The molecule has 0 unspecified atom stereocenters. The van der Waals surface area contributed by atoms with Gasteiger partial charge in [0.25, 0.3) is 0 Å². The van der Waals surface area contributed by atoms with Crippen molar-refractivity contribution in [3.8, 4) is 11.3 Å². The molecule has 0 aliphatic rings. The topological polar surface area (TPSA) is 56.7 Å². The van der Waals surface area contributed by atoms with Crippen LogP contribution in [0.25, 0.3) is 11.3 Å². The van der Waals surface area contributed by atoms with Crippen LogP contribution in [0.1, 0.15) is 11.3 Å². The molecular weight excluding hydrogens is 188 g/mol. The van der Waals surface area contributed by atoms with Crippen molar-refractivity contribution in [1.29, 1.82) is 0 Å². The molecule has 0 saturated carbocycles. The molecule has 0 bridgehead atoms. The summed E-state index contributed by atoms with van der Waals surface area (Å²) in [5.41, 5.74) is 9.95. The summed E-state index contributed by atoms with van der Waals surface area (Å²) in [5.74, 6) is 0. The van der Waals surface area contributed by atoms with Crippen LogP contribution >= 0.6 is 0 Å². The number of hydrogen-bond donors (Lipinski definition) is 1. The number of pyridine rings is 1. The van der Waals surface area contributed by atoms with Gasteiger partial charge in [0.2, 0.25) is 0 Å². The molecule has 0 aliphatic heterocycles. The van der Waals surface area contributed by atoms with Crippen LogP contribution in [0.4, 0.5) is 0 Å². The van der Waals surface area contributed by atoms with Gasteiger partial charge in [-0.15, -0.1) is 0 Å². The molecule has 0 aliphatic carbocycles. The van der Waals surface area contributed by atoms with E-state index in [1.807, 2.05) is 30.8 Å². The highest BCUT2D eigenvalue weighted by Gasteiger charge is 2.12. The molecule has 2 aromatic rings. The molecule has 4 heteroatoms. The second-order valence-electron chi connectivity index (χ2n) is 3.48. The third-order valence-corrected chi connectivity index (χ3v) is 2.53. The van der Waals surface area contributed by atoms with Crippen LogP contribution in [0.2, 0.25) is 0 Å². The summed E-state index contributed by atoms with van der Waals surface area (Å²) in [6, 6.07) is 3.95. The summed E-state index contributed by atoms with van der Waals surface area (Å²) in [4.78, 5) is 4.00. The predicted octanol–water partition coefficient (Wildman–Crippen LogP) is 1.25. The third-order valence-electron chi connectivity index (χ3n) is 2.53. The first kappa shape index (κ1) is 9.86. The van der Waals surface area contributed by atoms with Crippen molar-refractivity contribution in [2.75, 3.05) is 0 Å². The smallest absolute Gasteiger partial charge is 0.0795 e. The van der Waals surface area contributed by atoms with Crippen molar-refractivity contribution in [2.45, 2.75) is 13.5 Å². The second kappa shape index (κ2) is 3.82. The van der Waals surface area contributed by atoms with E-state index in [0.717, 1.165) is 22.5 Å². The summed E-state index contributed by atoms with van der Waals surface area (Å²) in [6.07, 6.45) is 3.56. The molecule has 0 atom stereocenters. The van der Waals surface area contributed by atoms with E-state index in [-0.39, 0.29) is 0 Å². The highest BCUT2D eigenvalue weighted by Crippen LogP contribution is 2.24. The molecule has 15 heavy (non-hydrogen) atoms. The van der Waals surface area contributed by atoms with E-state index in [2.05, 4.69) is 10.1 Å². The average molecular weight is 202 g/mol. The van der Waals surface area contributed by atoms with Gasteiger partial charge in [0.1, 0.15) is 0 Å². The van der Waals surface area contributed by atoms with E-state index in [1.165, 1.54) is 0 Å². The highest BCUT2D eigenvalue weighted by molar-refractivity contribution is 5.63. The molecule has 0 spiro atoms. The fourth-order valence-corrected chi connectivity index (χ4v) is 1.79. The third kappa shape index (κ3) is 1.64. The summed E-state index contributed by atoms with van der Waals surface area (Å²) >= 11 is 0. The Labute approximate surface area is 88.8 Å². The van der Waals surface area contributed by atoms with Gasteiger partial charge in [-0.05, 0) is 24.6 Å². The first-order valence-electron chi connectivity index (χ1n) is 4.87. The van der Waals surface area contributed by atoms with E-state index in [1.54, 1.807) is 12.4 Å². The first-order chi connectivity index (χ1) is 7.24. The van der Waals surface area contributed by atoms with Gasteiger partial charge in [0.15, 0.2) is 0 Å². The highest BCUT2D eigenvalue weighted by atomic mass is 15.3. The Morgan fingerprint density at radius 3 is 2.53 bits per heavy atom. The van der Waals surface area contributed by atoms with Crippen LogP contribution < -0.4 is 5.73 Å². The van der Waals surface area contributed by atoms with Crippen molar-refractivity contribution in [2.24, 2.45) is 12.8 Å². The van der Waals surface area contributed by atoms with Crippen molar-refractivity contribution in [3.63, 3.8) is 0 Å². The van der Waals surface area contributed by atoms with E-state index < -0.39 is 0 Å². The molecule has 0 fully saturated rings. The molecule has 2 heterocycles. The molecule has 0 aromatic carbocycles. The van der Waals surface area contributed by atoms with Crippen LogP contribution in [-0.4, -0.2) is 14.8 Å². The fourth-order valence-electron chi connectivity index (χ4n) is 1.79. The lowest BCUT2D eigenvalue weighted by atomic mass is 10.1. The summed E-state index contributed by atoms with van der Waals surface area (Å²) < 4.78 is 1.87. The van der Waals surface area contributed by atoms with Crippen molar-refractivity contribution in [1.82, 2.24) is 14.8 Å². The first-order valence-corrected chi connectivity index (χ1v) is 4.87. The van der Waals surface area contributed by atoms with Crippen LogP contribution in [-0.2, 0) is 13.6 Å². The van der Waals surface area contributed by atoms with Gasteiger partial charge in [-0.2, -0.15) is 5.10 Å². The van der Waals surface area contributed by atoms with E-state index in [4.69, 9.17) is 5.73 Å². The summed E-state index contributed by atoms with van der Waals surface area (Å²) in [5, 5.41) is 4.38. The second-order valence-corrected chi connectivity index (χ2v) is 3.48. The molecular formula is C11H14N4. The Balaban J connectivity index is 2.58. The minimum Gasteiger partial charge on any atom is -0.325 e. The van der Waals surface area contributed by atoms with E-state index in [0.29, 0.717) is 6.54 Å². The zero-order valence-corrected chi connectivity index (χ0v) is 8.94. The summed E-state index contributed by atoms with van der Waals surface area (Å²) in [6.45, 7) is 2.52. The zero-order valence-electron chi connectivity index (χ0n) is 8.94. The molecule has 0 radical (unpaired) electrons. The molecule has 0 saturated heterocycles. The summed E-state index contributed by atoms with van der Waals surface area (Å²) in [7, 11) is 1.93. The van der Waals surface area contributed by atoms with Gasteiger partial charge in [-0.1, -0.05) is 0 Å². The van der Waals surface area contributed by atoms with Crippen LogP contribution in [0.3, 0.4) is 0 Å². The maximum Gasteiger partial charge on any atom is 0.0795 e. The van der Waals surface area contributed by atoms with Gasteiger partial charge in [-0.3, -0.25) is 9.67 Å². The van der Waals surface area contributed by atoms with Crippen molar-refractivity contribution in [3.05, 3.63) is 35.8 Å². The Morgan fingerprint density at radius 2 is 2.00 bits per heavy atom. The quantitative estimate of drug-likeness (QED) is 0.797. The van der Waals surface area contributed by atoms with Gasteiger partial charge >= 0.3 is 0 Å². The molecule has 78 valence electrons. The molecule has 4 nitrogen and oxygen atoms in total. The molecule has 2 aromatic heterocycles. The van der Waals surface area contributed by atoms with Gasteiger partial charge in [-0.25, -0.2) is 0 Å². The van der Waals surface area contributed by atoms with Gasteiger partial charge in [0, 0.05) is 31.5 Å². The lowest BCUT2D eigenvalue weighted by molar-refractivity contribution is 0.749. The van der Waals surface area contributed by atoms with Crippen LogP contribution in [0, 0.1) is 6.92 Å². The van der Waals surface area contributed by atoms with Crippen molar-refractivity contribution >= 4 is 0 Å². The Kier molecular flexibility index (Phi) is 2.51. The minimum absolute atomic E-state index is 0.477. The Hall–Kier alpha value is -1.68. The van der Waals surface area contributed by atoms with Gasteiger partial charge < -0.3 is 5.73 Å². The largest absolute Gasteiger partial charge is 0.325 e. The van der Waals surface area contributed by atoms with Crippen LogP contribution in [0.5, 0.6) is 0 Å². The molecule has 2 rings (SSSR count). The predicted molar refractivity (Wildman–Crippen MR) is 59.1 cm³/mol. The number of aromatic nitrogens is 3. The Bertz CT molecular complexity index is 459.